The number of aryl methyl sites for hydroxylation is 1. The van der Waals surface area contributed by atoms with Crippen molar-refractivity contribution in [2.75, 3.05) is 0 Å². The highest BCUT2D eigenvalue weighted by Gasteiger charge is 2.25. The smallest absolute Gasteiger partial charge is 0.152 e. The molecule has 2 heteroatoms. The molecule has 0 spiro atoms. The van der Waals surface area contributed by atoms with E-state index in [1.807, 2.05) is 12.3 Å². The largest absolute Gasteiger partial charge is 0.344 e. The van der Waals surface area contributed by atoms with Gasteiger partial charge in [0.05, 0.1) is 0 Å². The van der Waals surface area contributed by atoms with Gasteiger partial charge in [-0.1, -0.05) is 12.1 Å². The van der Waals surface area contributed by atoms with Crippen LogP contribution in [0.4, 0.5) is 0 Å². The Kier molecular flexibility index (Phi) is 1.72. The van der Waals surface area contributed by atoms with E-state index in [0.717, 1.165) is 17.2 Å². The van der Waals surface area contributed by atoms with E-state index in [0.29, 0.717) is 6.04 Å². The van der Waals surface area contributed by atoms with Crippen LogP contribution in [0.25, 0.3) is 10.9 Å². The Hall–Kier alpha value is -1.57. The molecule has 1 fully saturated rings. The maximum Gasteiger partial charge on any atom is 0.152 e. The molecular formula is C13H13NO. The Morgan fingerprint density at radius 2 is 2.20 bits per heavy atom. The average Bonchev–Trinajstić information content (AvgIpc) is 3.00. The topological polar surface area (TPSA) is 22.0 Å². The van der Waals surface area contributed by atoms with Gasteiger partial charge in [0.2, 0.25) is 0 Å². The van der Waals surface area contributed by atoms with Gasteiger partial charge in [-0.2, -0.15) is 0 Å². The summed E-state index contributed by atoms with van der Waals surface area (Å²) in [5, 5.41) is 1.09. The van der Waals surface area contributed by atoms with Crippen LogP contribution < -0.4 is 0 Å². The van der Waals surface area contributed by atoms with Gasteiger partial charge in [-0.15, -0.1) is 0 Å². The van der Waals surface area contributed by atoms with Crippen LogP contribution in [0.3, 0.4) is 0 Å². The second-order valence-corrected chi connectivity index (χ2v) is 4.36. The molecule has 1 saturated carbocycles. The molecule has 2 nitrogen and oxygen atoms in total. The van der Waals surface area contributed by atoms with Gasteiger partial charge < -0.3 is 4.57 Å². The lowest BCUT2D eigenvalue weighted by Gasteiger charge is -2.02. The summed E-state index contributed by atoms with van der Waals surface area (Å²) in [6, 6.07) is 6.91. The Morgan fingerprint density at radius 1 is 1.40 bits per heavy atom. The highest BCUT2D eigenvalue weighted by atomic mass is 16.1. The van der Waals surface area contributed by atoms with E-state index < -0.39 is 0 Å². The van der Waals surface area contributed by atoms with Gasteiger partial charge >= 0.3 is 0 Å². The van der Waals surface area contributed by atoms with Gasteiger partial charge in [-0.25, -0.2) is 0 Å². The molecule has 0 aliphatic heterocycles. The molecular weight excluding hydrogens is 186 g/mol. The van der Waals surface area contributed by atoms with Crippen molar-refractivity contribution in [2.24, 2.45) is 0 Å². The lowest BCUT2D eigenvalue weighted by molar-refractivity contribution is 0.112. The van der Waals surface area contributed by atoms with E-state index in [2.05, 4.69) is 23.6 Å². The number of aldehydes is 1. The summed E-state index contributed by atoms with van der Waals surface area (Å²) in [5.74, 6) is 0. The van der Waals surface area contributed by atoms with Crippen LogP contribution in [-0.2, 0) is 0 Å². The number of aromatic nitrogens is 1. The quantitative estimate of drug-likeness (QED) is 0.681. The maximum atomic E-state index is 10.9. The molecule has 0 amide bonds. The first kappa shape index (κ1) is 8.72. The van der Waals surface area contributed by atoms with Crippen LogP contribution in [0.1, 0.15) is 34.8 Å². The lowest BCUT2D eigenvalue weighted by Crippen LogP contribution is -1.90. The predicted molar refractivity (Wildman–Crippen MR) is 60.3 cm³/mol. The predicted octanol–water partition coefficient (Wildman–Crippen LogP) is 3.10. The number of carbonyl (C=O) groups excluding carboxylic acids is 1. The van der Waals surface area contributed by atoms with Gasteiger partial charge in [-0.05, 0) is 31.4 Å². The van der Waals surface area contributed by atoms with Gasteiger partial charge in [-0.3, -0.25) is 4.79 Å². The van der Waals surface area contributed by atoms with Crippen LogP contribution in [0.5, 0.6) is 0 Å². The van der Waals surface area contributed by atoms with Crippen molar-refractivity contribution in [1.82, 2.24) is 4.57 Å². The fraction of sp³-hybridized carbons (Fsp3) is 0.308. The van der Waals surface area contributed by atoms with E-state index in [9.17, 15) is 4.79 Å². The molecule has 0 saturated heterocycles. The zero-order valence-corrected chi connectivity index (χ0v) is 8.73. The third kappa shape index (κ3) is 1.29. The molecule has 3 rings (SSSR count). The summed E-state index contributed by atoms with van der Waals surface area (Å²) in [6.07, 6.45) is 5.44. The zero-order valence-electron chi connectivity index (χ0n) is 8.73. The third-order valence-electron chi connectivity index (χ3n) is 3.09. The van der Waals surface area contributed by atoms with Crippen molar-refractivity contribution in [1.29, 1.82) is 0 Å². The minimum Gasteiger partial charge on any atom is -0.344 e. The Bertz CT molecular complexity index is 535. The molecule has 0 radical (unpaired) electrons. The maximum absolute atomic E-state index is 10.9. The van der Waals surface area contributed by atoms with Crippen molar-refractivity contribution in [3.8, 4) is 0 Å². The first-order valence-electron chi connectivity index (χ1n) is 5.36. The summed E-state index contributed by atoms with van der Waals surface area (Å²) < 4.78 is 2.26. The van der Waals surface area contributed by atoms with Gasteiger partial charge in [0, 0.05) is 28.7 Å². The monoisotopic (exact) mass is 199 g/mol. The van der Waals surface area contributed by atoms with Crippen molar-refractivity contribution in [3.63, 3.8) is 0 Å². The minimum atomic E-state index is 0.628. The van der Waals surface area contributed by atoms with Gasteiger partial charge in [0.1, 0.15) is 0 Å². The van der Waals surface area contributed by atoms with Gasteiger partial charge in [0.15, 0.2) is 6.29 Å². The highest BCUT2D eigenvalue weighted by molar-refractivity contribution is 5.98. The van der Waals surface area contributed by atoms with Crippen molar-refractivity contribution in [3.05, 3.63) is 35.5 Å². The Morgan fingerprint density at radius 3 is 2.87 bits per heavy atom. The number of rotatable bonds is 2. The number of carbonyl (C=O) groups is 1. The molecule has 1 aliphatic rings. The van der Waals surface area contributed by atoms with E-state index in [1.54, 1.807) is 0 Å². The van der Waals surface area contributed by atoms with Gasteiger partial charge in [0.25, 0.3) is 0 Å². The van der Waals surface area contributed by atoms with Crippen LogP contribution in [-0.4, -0.2) is 10.9 Å². The van der Waals surface area contributed by atoms with E-state index in [4.69, 9.17) is 0 Å². The van der Waals surface area contributed by atoms with E-state index >= 15 is 0 Å². The number of fused-ring (bicyclic) bond motifs is 1. The number of benzene rings is 1. The van der Waals surface area contributed by atoms with Crippen LogP contribution in [0.2, 0.25) is 0 Å². The number of hydrogen-bond acceptors (Lipinski definition) is 1. The minimum absolute atomic E-state index is 0.628. The van der Waals surface area contributed by atoms with Crippen LogP contribution >= 0.6 is 0 Å². The van der Waals surface area contributed by atoms with Crippen molar-refractivity contribution >= 4 is 17.2 Å². The molecule has 0 atom stereocenters. The molecule has 0 N–H and O–H groups in total. The molecule has 2 aromatic rings. The van der Waals surface area contributed by atoms with Crippen LogP contribution in [0.15, 0.2) is 24.4 Å². The van der Waals surface area contributed by atoms with Crippen molar-refractivity contribution < 1.29 is 4.79 Å². The van der Waals surface area contributed by atoms with E-state index in [1.165, 1.54) is 23.9 Å². The van der Waals surface area contributed by atoms with E-state index in [-0.39, 0.29) is 0 Å². The Labute approximate surface area is 88.5 Å². The fourth-order valence-corrected chi connectivity index (χ4v) is 2.14. The molecule has 0 bridgehead atoms. The van der Waals surface area contributed by atoms with Crippen LogP contribution in [0, 0.1) is 6.92 Å². The number of nitrogens with zero attached hydrogens (tertiary/aromatic N) is 1. The highest BCUT2D eigenvalue weighted by Crippen LogP contribution is 2.38. The molecule has 1 aromatic heterocycles. The second-order valence-electron chi connectivity index (χ2n) is 4.36. The normalized spacial score (nSPS) is 15.8. The first-order chi connectivity index (χ1) is 7.29. The lowest BCUT2D eigenvalue weighted by atomic mass is 10.1. The molecule has 76 valence electrons. The number of hydrogen-bond donors (Lipinski definition) is 0. The third-order valence-corrected chi connectivity index (χ3v) is 3.09. The summed E-state index contributed by atoms with van der Waals surface area (Å²) in [4.78, 5) is 10.9. The fourth-order valence-electron chi connectivity index (χ4n) is 2.14. The molecule has 1 heterocycles. The second kappa shape index (κ2) is 2.96. The van der Waals surface area contributed by atoms with Crippen molar-refractivity contribution in [2.45, 2.75) is 25.8 Å². The Balaban J connectivity index is 2.33. The molecule has 0 unspecified atom stereocenters. The summed E-state index contributed by atoms with van der Waals surface area (Å²) in [6.45, 7) is 2.09. The zero-order chi connectivity index (χ0) is 10.4. The summed E-state index contributed by atoms with van der Waals surface area (Å²) >= 11 is 0. The molecule has 1 aromatic carbocycles. The summed E-state index contributed by atoms with van der Waals surface area (Å²) in [7, 11) is 0. The first-order valence-corrected chi connectivity index (χ1v) is 5.36. The standard InChI is InChI=1S/C13H13NO/c1-9-2-5-12-10(8-15)7-14(11-3-4-11)13(12)6-9/h2,5-8,11H,3-4H2,1H3. The summed E-state index contributed by atoms with van der Waals surface area (Å²) in [5.41, 5.74) is 3.27. The SMILES string of the molecule is Cc1ccc2c(C=O)cn(C3CC3)c2c1. The average molecular weight is 199 g/mol. The molecule has 1 aliphatic carbocycles. The molecule has 15 heavy (non-hydrogen) atoms.